The third kappa shape index (κ3) is 5.38. The van der Waals surface area contributed by atoms with Gasteiger partial charge in [-0.3, -0.25) is 4.79 Å². The number of hydrogen-bond acceptors (Lipinski definition) is 4. The number of aromatic hydroxyl groups is 1. The topological polar surface area (TPSA) is 75.6 Å². The minimum absolute atomic E-state index is 0.146. The molecule has 0 bridgehead atoms. The molecule has 5 nitrogen and oxygen atoms in total. The molecule has 0 aromatic heterocycles. The van der Waals surface area contributed by atoms with Gasteiger partial charge in [0.25, 0.3) is 0 Å². The smallest absolute Gasteiger partial charge is 0.328 e. The summed E-state index contributed by atoms with van der Waals surface area (Å²) in [5.74, 6) is -0.619. The van der Waals surface area contributed by atoms with Gasteiger partial charge in [-0.1, -0.05) is 40.2 Å². The van der Waals surface area contributed by atoms with Crippen LogP contribution in [0.4, 0.5) is 0 Å². The number of hydrogen-bond donors (Lipinski definition) is 2. The molecule has 2 N–H and O–H groups in total. The number of halogens is 1. The Morgan fingerprint density at radius 3 is 2.25 bits per heavy atom. The fourth-order valence-electron chi connectivity index (χ4n) is 2.24. The van der Waals surface area contributed by atoms with Crippen LogP contribution in [0, 0.1) is 0 Å². The quantitative estimate of drug-likeness (QED) is 0.742. The lowest BCUT2D eigenvalue weighted by Crippen LogP contribution is -2.43. The van der Waals surface area contributed by atoms with E-state index >= 15 is 0 Å². The van der Waals surface area contributed by atoms with Gasteiger partial charge in [0.15, 0.2) is 0 Å². The van der Waals surface area contributed by atoms with Crippen LogP contribution in [-0.2, 0) is 27.2 Å². The molecular formula is C18H18BrNO4. The number of methoxy groups -OCH3 is 1. The standard InChI is InChI=1S/C18H18BrNO4/c1-24-18(23)16(10-12-4-8-15(21)9-5-12)20-17(22)11-13-2-6-14(19)7-3-13/h2-9,16,21H,10-11H2,1H3,(H,20,22). The minimum atomic E-state index is -0.775. The molecule has 0 heterocycles. The molecule has 126 valence electrons. The number of nitrogens with one attached hydrogen (secondary N) is 1. The van der Waals surface area contributed by atoms with Gasteiger partial charge in [0.2, 0.25) is 5.91 Å². The molecular weight excluding hydrogens is 374 g/mol. The van der Waals surface area contributed by atoms with Crippen molar-refractivity contribution >= 4 is 27.8 Å². The molecule has 24 heavy (non-hydrogen) atoms. The lowest BCUT2D eigenvalue weighted by atomic mass is 10.0. The van der Waals surface area contributed by atoms with Gasteiger partial charge in [0, 0.05) is 10.9 Å². The summed E-state index contributed by atoms with van der Waals surface area (Å²) in [6.45, 7) is 0. The first kappa shape index (κ1) is 18.0. The van der Waals surface area contributed by atoms with Gasteiger partial charge >= 0.3 is 5.97 Å². The van der Waals surface area contributed by atoms with Crippen molar-refractivity contribution in [2.24, 2.45) is 0 Å². The first-order valence-electron chi connectivity index (χ1n) is 7.37. The van der Waals surface area contributed by atoms with Crippen molar-refractivity contribution in [2.75, 3.05) is 7.11 Å². The predicted octanol–water partition coefficient (Wildman–Crippen LogP) is 2.60. The summed E-state index contributed by atoms with van der Waals surface area (Å²) in [6, 6.07) is 13.1. The highest BCUT2D eigenvalue weighted by molar-refractivity contribution is 9.10. The van der Waals surface area contributed by atoms with E-state index in [0.29, 0.717) is 6.42 Å². The Hall–Kier alpha value is -2.34. The highest BCUT2D eigenvalue weighted by Gasteiger charge is 2.22. The van der Waals surface area contributed by atoms with E-state index in [0.717, 1.165) is 15.6 Å². The summed E-state index contributed by atoms with van der Waals surface area (Å²) in [5, 5.41) is 12.0. The number of rotatable bonds is 6. The SMILES string of the molecule is COC(=O)C(Cc1ccc(O)cc1)NC(=O)Cc1ccc(Br)cc1. The Morgan fingerprint density at radius 1 is 1.08 bits per heavy atom. The van der Waals surface area contributed by atoms with E-state index in [1.54, 1.807) is 12.1 Å². The molecule has 1 atom stereocenters. The molecule has 0 aliphatic carbocycles. The Balaban J connectivity index is 2.02. The fraction of sp³-hybridized carbons (Fsp3) is 0.222. The van der Waals surface area contributed by atoms with Crippen LogP contribution in [0.2, 0.25) is 0 Å². The molecule has 1 amide bonds. The zero-order chi connectivity index (χ0) is 17.5. The van der Waals surface area contributed by atoms with Gasteiger partial charge in [0.1, 0.15) is 11.8 Å². The summed E-state index contributed by atoms with van der Waals surface area (Å²) in [6.07, 6.45) is 0.468. The number of benzene rings is 2. The van der Waals surface area contributed by atoms with E-state index in [2.05, 4.69) is 21.2 Å². The number of amides is 1. The average Bonchev–Trinajstić information content (AvgIpc) is 2.57. The fourth-order valence-corrected chi connectivity index (χ4v) is 2.50. The highest BCUT2D eigenvalue weighted by atomic mass is 79.9. The third-order valence-electron chi connectivity index (χ3n) is 3.48. The molecule has 0 aliphatic rings. The van der Waals surface area contributed by atoms with Crippen LogP contribution >= 0.6 is 15.9 Å². The third-order valence-corrected chi connectivity index (χ3v) is 4.00. The van der Waals surface area contributed by atoms with Gasteiger partial charge in [0.05, 0.1) is 13.5 Å². The van der Waals surface area contributed by atoms with E-state index in [4.69, 9.17) is 4.74 Å². The van der Waals surface area contributed by atoms with Gasteiger partial charge in [-0.2, -0.15) is 0 Å². The molecule has 2 aromatic rings. The molecule has 0 radical (unpaired) electrons. The van der Waals surface area contributed by atoms with E-state index in [1.807, 2.05) is 24.3 Å². The predicted molar refractivity (Wildman–Crippen MR) is 93.6 cm³/mol. The van der Waals surface area contributed by atoms with Crippen molar-refractivity contribution in [1.29, 1.82) is 0 Å². The largest absolute Gasteiger partial charge is 0.508 e. The van der Waals surface area contributed by atoms with Gasteiger partial charge < -0.3 is 15.2 Å². The maximum absolute atomic E-state index is 12.2. The molecule has 0 saturated carbocycles. The molecule has 0 fully saturated rings. The van der Waals surface area contributed by atoms with Gasteiger partial charge in [-0.05, 0) is 35.4 Å². The number of esters is 1. The van der Waals surface area contributed by atoms with Gasteiger partial charge in [-0.15, -0.1) is 0 Å². The first-order chi connectivity index (χ1) is 11.5. The van der Waals surface area contributed by atoms with Crippen LogP contribution in [-0.4, -0.2) is 30.1 Å². The lowest BCUT2D eigenvalue weighted by molar-refractivity contribution is -0.145. The van der Waals surface area contributed by atoms with Crippen LogP contribution in [0.3, 0.4) is 0 Å². The van der Waals surface area contributed by atoms with E-state index in [1.165, 1.54) is 19.2 Å². The molecule has 1 unspecified atom stereocenters. The number of phenolic OH excluding ortho intramolecular Hbond substituents is 1. The first-order valence-corrected chi connectivity index (χ1v) is 8.17. The summed E-state index contributed by atoms with van der Waals surface area (Å²) < 4.78 is 5.70. The van der Waals surface area contributed by atoms with Crippen molar-refractivity contribution in [3.63, 3.8) is 0 Å². The monoisotopic (exact) mass is 391 g/mol. The van der Waals surface area contributed by atoms with Crippen LogP contribution in [0.15, 0.2) is 53.0 Å². The van der Waals surface area contributed by atoms with Crippen LogP contribution in [0.1, 0.15) is 11.1 Å². The number of carbonyl (C=O) groups is 2. The summed E-state index contributed by atoms with van der Waals surface area (Å²) >= 11 is 3.34. The van der Waals surface area contributed by atoms with Crippen molar-refractivity contribution in [3.05, 3.63) is 64.1 Å². The van der Waals surface area contributed by atoms with Crippen molar-refractivity contribution in [2.45, 2.75) is 18.9 Å². The van der Waals surface area contributed by atoms with E-state index < -0.39 is 12.0 Å². The number of ether oxygens (including phenoxy) is 1. The summed E-state index contributed by atoms with van der Waals surface area (Å²) in [4.78, 5) is 24.1. The Labute approximate surface area is 148 Å². The normalized spacial score (nSPS) is 11.6. The minimum Gasteiger partial charge on any atom is -0.508 e. The second-order valence-corrected chi connectivity index (χ2v) is 6.23. The van der Waals surface area contributed by atoms with Crippen LogP contribution < -0.4 is 5.32 Å². The Morgan fingerprint density at radius 2 is 1.67 bits per heavy atom. The number of phenols is 1. The molecule has 0 aliphatic heterocycles. The lowest BCUT2D eigenvalue weighted by Gasteiger charge is -2.17. The maximum atomic E-state index is 12.2. The van der Waals surface area contributed by atoms with E-state index in [9.17, 15) is 14.7 Å². The Kier molecular flexibility index (Phi) is 6.37. The highest BCUT2D eigenvalue weighted by Crippen LogP contribution is 2.13. The van der Waals surface area contributed by atoms with Gasteiger partial charge in [-0.25, -0.2) is 4.79 Å². The zero-order valence-electron chi connectivity index (χ0n) is 13.2. The zero-order valence-corrected chi connectivity index (χ0v) is 14.7. The molecule has 6 heteroatoms. The molecule has 0 spiro atoms. The van der Waals surface area contributed by atoms with E-state index in [-0.39, 0.29) is 18.1 Å². The second kappa shape index (κ2) is 8.49. The number of carbonyl (C=O) groups excluding carboxylic acids is 2. The molecule has 2 aromatic carbocycles. The average molecular weight is 392 g/mol. The summed E-state index contributed by atoms with van der Waals surface area (Å²) in [5.41, 5.74) is 1.66. The molecule has 0 saturated heterocycles. The maximum Gasteiger partial charge on any atom is 0.328 e. The molecule has 2 rings (SSSR count). The van der Waals surface area contributed by atoms with Crippen LogP contribution in [0.5, 0.6) is 5.75 Å². The van der Waals surface area contributed by atoms with Crippen molar-refractivity contribution in [1.82, 2.24) is 5.32 Å². The Bertz CT molecular complexity index is 698. The van der Waals surface area contributed by atoms with Crippen molar-refractivity contribution < 1.29 is 19.4 Å². The van der Waals surface area contributed by atoms with Crippen LogP contribution in [0.25, 0.3) is 0 Å². The van der Waals surface area contributed by atoms with Crippen molar-refractivity contribution in [3.8, 4) is 5.75 Å². The summed E-state index contributed by atoms with van der Waals surface area (Å²) in [7, 11) is 1.28. The second-order valence-electron chi connectivity index (χ2n) is 5.32.